The molecule has 2 unspecified atom stereocenters. The Balaban J connectivity index is 2.61. The molecule has 1 aromatic heterocycles. The SMILES string of the molecule is CCC(NC(=O)C(N)C(C)C)c1nccs1. The molecular formula is C11H19N3OS. The van der Waals surface area contributed by atoms with E-state index in [2.05, 4.69) is 10.3 Å². The Morgan fingerprint density at radius 2 is 2.31 bits per heavy atom. The number of nitrogens with zero attached hydrogens (tertiary/aromatic N) is 1. The third kappa shape index (κ3) is 3.28. The second-order valence-corrected chi connectivity index (χ2v) is 5.04. The van der Waals surface area contributed by atoms with Gasteiger partial charge in [-0.3, -0.25) is 4.79 Å². The highest BCUT2D eigenvalue weighted by Gasteiger charge is 2.21. The molecule has 0 saturated carbocycles. The van der Waals surface area contributed by atoms with Crippen LogP contribution in [0.4, 0.5) is 0 Å². The van der Waals surface area contributed by atoms with Gasteiger partial charge in [0.2, 0.25) is 5.91 Å². The molecule has 0 saturated heterocycles. The maximum Gasteiger partial charge on any atom is 0.237 e. The number of thiazole rings is 1. The highest BCUT2D eigenvalue weighted by Crippen LogP contribution is 2.18. The van der Waals surface area contributed by atoms with Crippen molar-refractivity contribution in [2.75, 3.05) is 0 Å². The first-order valence-electron chi connectivity index (χ1n) is 5.51. The number of carbonyl (C=O) groups is 1. The summed E-state index contributed by atoms with van der Waals surface area (Å²) in [6, 6.07) is -0.466. The zero-order valence-corrected chi connectivity index (χ0v) is 10.8. The summed E-state index contributed by atoms with van der Waals surface area (Å²) < 4.78 is 0. The molecule has 1 aromatic rings. The molecule has 0 aliphatic carbocycles. The van der Waals surface area contributed by atoms with E-state index in [4.69, 9.17) is 5.73 Å². The Morgan fingerprint density at radius 3 is 2.75 bits per heavy atom. The highest BCUT2D eigenvalue weighted by atomic mass is 32.1. The molecule has 0 aromatic carbocycles. The van der Waals surface area contributed by atoms with Crippen LogP contribution in [0.3, 0.4) is 0 Å². The van der Waals surface area contributed by atoms with Gasteiger partial charge in [0.1, 0.15) is 5.01 Å². The van der Waals surface area contributed by atoms with E-state index in [0.717, 1.165) is 11.4 Å². The van der Waals surface area contributed by atoms with Crippen LogP contribution < -0.4 is 11.1 Å². The lowest BCUT2D eigenvalue weighted by atomic mass is 10.0. The lowest BCUT2D eigenvalue weighted by molar-refractivity contribution is -0.124. The maximum atomic E-state index is 11.8. The summed E-state index contributed by atoms with van der Waals surface area (Å²) in [5.74, 6) is 0.0471. The molecule has 1 amide bonds. The van der Waals surface area contributed by atoms with Crippen LogP contribution in [0.2, 0.25) is 0 Å². The van der Waals surface area contributed by atoms with Crippen LogP contribution in [0, 0.1) is 5.92 Å². The predicted molar refractivity (Wildman–Crippen MR) is 66.1 cm³/mol. The number of nitrogens with one attached hydrogen (secondary N) is 1. The molecule has 90 valence electrons. The average Bonchev–Trinajstić information content (AvgIpc) is 2.77. The predicted octanol–water partition coefficient (Wildman–Crippen LogP) is 1.69. The maximum absolute atomic E-state index is 11.8. The van der Waals surface area contributed by atoms with E-state index < -0.39 is 6.04 Å². The van der Waals surface area contributed by atoms with Gasteiger partial charge in [-0.05, 0) is 12.3 Å². The quantitative estimate of drug-likeness (QED) is 0.824. The van der Waals surface area contributed by atoms with Crippen LogP contribution in [0.1, 0.15) is 38.2 Å². The first-order valence-corrected chi connectivity index (χ1v) is 6.39. The van der Waals surface area contributed by atoms with Gasteiger partial charge >= 0.3 is 0 Å². The molecular weight excluding hydrogens is 222 g/mol. The fraction of sp³-hybridized carbons (Fsp3) is 0.636. The molecule has 0 fully saturated rings. The van der Waals surface area contributed by atoms with Gasteiger partial charge in [0, 0.05) is 11.6 Å². The normalized spacial score (nSPS) is 14.8. The van der Waals surface area contributed by atoms with Crippen LogP contribution in [0.15, 0.2) is 11.6 Å². The number of carbonyl (C=O) groups excluding carboxylic acids is 1. The van der Waals surface area contributed by atoms with E-state index >= 15 is 0 Å². The molecule has 0 radical (unpaired) electrons. The number of hydrogen-bond donors (Lipinski definition) is 2. The topological polar surface area (TPSA) is 68.0 Å². The summed E-state index contributed by atoms with van der Waals surface area (Å²) in [5, 5.41) is 5.78. The number of amides is 1. The number of rotatable bonds is 5. The molecule has 16 heavy (non-hydrogen) atoms. The van der Waals surface area contributed by atoms with E-state index in [-0.39, 0.29) is 17.9 Å². The third-order valence-electron chi connectivity index (χ3n) is 2.50. The summed E-state index contributed by atoms with van der Waals surface area (Å²) in [6.07, 6.45) is 2.57. The fourth-order valence-electron chi connectivity index (χ4n) is 1.32. The molecule has 3 N–H and O–H groups in total. The van der Waals surface area contributed by atoms with E-state index in [9.17, 15) is 4.79 Å². The van der Waals surface area contributed by atoms with Crippen molar-refractivity contribution in [3.8, 4) is 0 Å². The second-order valence-electron chi connectivity index (χ2n) is 4.11. The second kappa shape index (κ2) is 5.96. The average molecular weight is 241 g/mol. The first kappa shape index (κ1) is 13.1. The first-order chi connectivity index (χ1) is 7.56. The molecule has 1 rings (SSSR count). The van der Waals surface area contributed by atoms with Crippen molar-refractivity contribution in [2.45, 2.75) is 39.3 Å². The van der Waals surface area contributed by atoms with E-state index in [0.29, 0.717) is 0 Å². The largest absolute Gasteiger partial charge is 0.346 e. The Hall–Kier alpha value is -0.940. The van der Waals surface area contributed by atoms with Crippen LogP contribution in [-0.2, 0) is 4.79 Å². The fourth-order valence-corrected chi connectivity index (χ4v) is 2.09. The van der Waals surface area contributed by atoms with Crippen molar-refractivity contribution in [2.24, 2.45) is 11.7 Å². The highest BCUT2D eigenvalue weighted by molar-refractivity contribution is 7.09. The van der Waals surface area contributed by atoms with E-state index in [1.54, 1.807) is 17.5 Å². The van der Waals surface area contributed by atoms with Crippen LogP contribution in [-0.4, -0.2) is 16.9 Å². The Morgan fingerprint density at radius 1 is 1.62 bits per heavy atom. The lowest BCUT2D eigenvalue weighted by Crippen LogP contribution is -2.45. The van der Waals surface area contributed by atoms with Crippen LogP contribution in [0.5, 0.6) is 0 Å². The Bertz CT molecular complexity index is 324. The van der Waals surface area contributed by atoms with Gasteiger partial charge in [0.25, 0.3) is 0 Å². The third-order valence-corrected chi connectivity index (χ3v) is 3.38. The number of aromatic nitrogens is 1. The molecule has 2 atom stereocenters. The molecule has 5 heteroatoms. The van der Waals surface area contributed by atoms with Crippen molar-refractivity contribution in [3.63, 3.8) is 0 Å². The van der Waals surface area contributed by atoms with Gasteiger partial charge in [-0.15, -0.1) is 11.3 Å². The van der Waals surface area contributed by atoms with Gasteiger partial charge in [0.15, 0.2) is 0 Å². The molecule has 0 aliphatic heterocycles. The van der Waals surface area contributed by atoms with Gasteiger partial charge in [-0.25, -0.2) is 4.98 Å². The minimum absolute atomic E-state index is 0.0164. The molecule has 0 aliphatic rings. The number of nitrogens with two attached hydrogens (primary N) is 1. The van der Waals surface area contributed by atoms with Crippen molar-refractivity contribution in [1.29, 1.82) is 0 Å². The minimum Gasteiger partial charge on any atom is -0.346 e. The summed E-state index contributed by atoms with van der Waals surface area (Å²) in [4.78, 5) is 16.0. The standard InChI is InChI=1S/C11H19N3OS/c1-4-8(11-13-5-6-16-11)14-10(15)9(12)7(2)3/h5-9H,4,12H2,1-3H3,(H,14,15). The summed E-state index contributed by atoms with van der Waals surface area (Å²) in [6.45, 7) is 5.90. The van der Waals surface area contributed by atoms with Crippen LogP contribution in [0.25, 0.3) is 0 Å². The molecule has 1 heterocycles. The zero-order valence-electron chi connectivity index (χ0n) is 9.93. The van der Waals surface area contributed by atoms with Gasteiger partial charge in [-0.2, -0.15) is 0 Å². The van der Waals surface area contributed by atoms with Crippen molar-refractivity contribution >= 4 is 17.2 Å². The zero-order chi connectivity index (χ0) is 12.1. The Kier molecular flexibility index (Phi) is 4.89. The monoisotopic (exact) mass is 241 g/mol. The van der Waals surface area contributed by atoms with Crippen molar-refractivity contribution < 1.29 is 4.79 Å². The number of hydrogen-bond acceptors (Lipinski definition) is 4. The molecule has 0 bridgehead atoms. The van der Waals surface area contributed by atoms with E-state index in [1.807, 2.05) is 26.2 Å². The van der Waals surface area contributed by atoms with Gasteiger partial charge in [0.05, 0.1) is 12.1 Å². The summed E-state index contributed by atoms with van der Waals surface area (Å²) in [7, 11) is 0. The minimum atomic E-state index is -0.450. The van der Waals surface area contributed by atoms with E-state index in [1.165, 1.54) is 0 Å². The smallest absolute Gasteiger partial charge is 0.237 e. The molecule has 0 spiro atoms. The lowest BCUT2D eigenvalue weighted by Gasteiger charge is -2.20. The van der Waals surface area contributed by atoms with Crippen molar-refractivity contribution in [3.05, 3.63) is 16.6 Å². The van der Waals surface area contributed by atoms with Crippen LogP contribution >= 0.6 is 11.3 Å². The van der Waals surface area contributed by atoms with Crippen molar-refractivity contribution in [1.82, 2.24) is 10.3 Å². The Labute approximate surface area is 100 Å². The molecule has 4 nitrogen and oxygen atoms in total. The van der Waals surface area contributed by atoms with Gasteiger partial charge < -0.3 is 11.1 Å². The summed E-state index contributed by atoms with van der Waals surface area (Å²) in [5.41, 5.74) is 5.79. The van der Waals surface area contributed by atoms with Gasteiger partial charge in [-0.1, -0.05) is 20.8 Å². The summed E-state index contributed by atoms with van der Waals surface area (Å²) >= 11 is 1.55.